The summed E-state index contributed by atoms with van der Waals surface area (Å²) in [4.78, 5) is 26.8. The Balaban J connectivity index is 1.80. The van der Waals surface area contributed by atoms with Crippen LogP contribution < -0.4 is 5.32 Å². The molecule has 0 radical (unpaired) electrons. The summed E-state index contributed by atoms with van der Waals surface area (Å²) in [6.07, 6.45) is 5.86. The van der Waals surface area contributed by atoms with Crippen molar-refractivity contribution >= 4 is 11.8 Å². The van der Waals surface area contributed by atoms with E-state index in [0.717, 1.165) is 51.6 Å². The highest BCUT2D eigenvalue weighted by Crippen LogP contribution is 2.19. The van der Waals surface area contributed by atoms with Gasteiger partial charge in [-0.2, -0.15) is 0 Å². The number of hydrogen-bond donors (Lipinski definition) is 1. The van der Waals surface area contributed by atoms with Gasteiger partial charge in [-0.25, -0.2) is 0 Å². The molecule has 132 valence electrons. The van der Waals surface area contributed by atoms with Gasteiger partial charge < -0.3 is 10.2 Å². The number of amides is 2. The molecule has 0 spiro atoms. The number of benzene rings is 1. The maximum Gasteiger partial charge on any atom is 0.251 e. The summed E-state index contributed by atoms with van der Waals surface area (Å²) in [6, 6.07) is 9.47. The Labute approximate surface area is 145 Å². The molecule has 1 heterocycles. The van der Waals surface area contributed by atoms with E-state index in [4.69, 9.17) is 0 Å². The van der Waals surface area contributed by atoms with Crippen molar-refractivity contribution in [3.05, 3.63) is 35.9 Å². The lowest BCUT2D eigenvalue weighted by atomic mass is 9.95. The van der Waals surface area contributed by atoms with Crippen LogP contribution >= 0.6 is 0 Å². The highest BCUT2D eigenvalue weighted by molar-refractivity contribution is 5.94. The lowest BCUT2D eigenvalue weighted by Crippen LogP contribution is -2.48. The molecule has 1 unspecified atom stereocenters. The van der Waals surface area contributed by atoms with Gasteiger partial charge in [-0.15, -0.1) is 0 Å². The fourth-order valence-corrected chi connectivity index (χ4v) is 3.31. The summed E-state index contributed by atoms with van der Waals surface area (Å²) >= 11 is 0. The van der Waals surface area contributed by atoms with E-state index in [2.05, 4.69) is 19.2 Å². The Morgan fingerprint density at radius 1 is 1.17 bits per heavy atom. The predicted octanol–water partition coefficient (Wildman–Crippen LogP) is 3.62. The van der Waals surface area contributed by atoms with E-state index in [1.54, 1.807) is 0 Å². The summed E-state index contributed by atoms with van der Waals surface area (Å²) in [7, 11) is 0. The summed E-state index contributed by atoms with van der Waals surface area (Å²) in [5, 5.41) is 3.10. The Kier molecular flexibility index (Phi) is 7.29. The Morgan fingerprint density at radius 2 is 1.83 bits per heavy atom. The topological polar surface area (TPSA) is 49.4 Å². The van der Waals surface area contributed by atoms with Gasteiger partial charge in [0.05, 0.1) is 0 Å². The molecule has 4 nitrogen and oxygen atoms in total. The summed E-state index contributed by atoms with van der Waals surface area (Å²) in [5.41, 5.74) is 0.696. The van der Waals surface area contributed by atoms with Gasteiger partial charge in [0.25, 0.3) is 5.91 Å². The van der Waals surface area contributed by atoms with Crippen LogP contribution in [0.5, 0.6) is 0 Å². The van der Waals surface area contributed by atoms with Crippen LogP contribution in [0.25, 0.3) is 0 Å². The average Bonchev–Trinajstić information content (AvgIpc) is 2.63. The van der Waals surface area contributed by atoms with Crippen molar-refractivity contribution in [3.8, 4) is 0 Å². The number of rotatable bonds is 7. The lowest BCUT2D eigenvalue weighted by Gasteiger charge is -2.34. The third kappa shape index (κ3) is 5.08. The standard InChI is InChI=1S/C20H30N2O2/c1-3-5-9-16(4-2)20(24)22-14-12-18(13-15-22)21-19(23)17-10-7-6-8-11-17/h6-8,10-11,16,18H,3-5,9,12-15H2,1-2H3,(H,21,23). The van der Waals surface area contributed by atoms with Crippen LogP contribution in [0.1, 0.15) is 62.7 Å². The van der Waals surface area contributed by atoms with Crippen molar-refractivity contribution in [1.82, 2.24) is 10.2 Å². The highest BCUT2D eigenvalue weighted by Gasteiger charge is 2.27. The van der Waals surface area contributed by atoms with Gasteiger partial charge in [0.1, 0.15) is 0 Å². The molecular formula is C20H30N2O2. The van der Waals surface area contributed by atoms with Crippen molar-refractivity contribution in [2.75, 3.05) is 13.1 Å². The summed E-state index contributed by atoms with van der Waals surface area (Å²) < 4.78 is 0. The molecule has 1 aliphatic heterocycles. The molecule has 0 saturated carbocycles. The largest absolute Gasteiger partial charge is 0.349 e. The molecule has 0 bridgehead atoms. The van der Waals surface area contributed by atoms with E-state index in [-0.39, 0.29) is 17.9 Å². The van der Waals surface area contributed by atoms with Crippen molar-refractivity contribution in [2.24, 2.45) is 5.92 Å². The second-order valence-corrected chi connectivity index (χ2v) is 6.69. The maximum atomic E-state index is 12.6. The number of likely N-dealkylation sites (tertiary alicyclic amines) is 1. The molecular weight excluding hydrogens is 300 g/mol. The van der Waals surface area contributed by atoms with Crippen molar-refractivity contribution in [2.45, 2.75) is 58.4 Å². The predicted molar refractivity (Wildman–Crippen MR) is 96.8 cm³/mol. The number of nitrogens with one attached hydrogen (secondary N) is 1. The minimum Gasteiger partial charge on any atom is -0.349 e. The van der Waals surface area contributed by atoms with Crippen LogP contribution in [-0.2, 0) is 4.79 Å². The molecule has 1 aromatic rings. The quantitative estimate of drug-likeness (QED) is 0.830. The smallest absolute Gasteiger partial charge is 0.251 e. The van der Waals surface area contributed by atoms with Gasteiger partial charge in [-0.05, 0) is 37.8 Å². The minimum atomic E-state index is -0.0187. The second kappa shape index (κ2) is 9.45. The first-order valence-electron chi connectivity index (χ1n) is 9.30. The van der Waals surface area contributed by atoms with Gasteiger partial charge in [0, 0.05) is 30.6 Å². The molecule has 24 heavy (non-hydrogen) atoms. The fraction of sp³-hybridized carbons (Fsp3) is 0.600. The molecule has 1 saturated heterocycles. The first-order valence-corrected chi connectivity index (χ1v) is 9.30. The highest BCUT2D eigenvalue weighted by atomic mass is 16.2. The van der Waals surface area contributed by atoms with Crippen LogP contribution in [0.3, 0.4) is 0 Å². The molecule has 2 amide bonds. The van der Waals surface area contributed by atoms with Gasteiger partial charge in [-0.1, -0.05) is 44.9 Å². The van der Waals surface area contributed by atoms with Gasteiger partial charge in [0.15, 0.2) is 0 Å². The van der Waals surface area contributed by atoms with Gasteiger partial charge in [0.2, 0.25) is 5.91 Å². The third-order valence-electron chi connectivity index (χ3n) is 4.93. The molecule has 4 heteroatoms. The molecule has 1 atom stereocenters. The number of carbonyl (C=O) groups is 2. The SMILES string of the molecule is CCCCC(CC)C(=O)N1CCC(NC(=O)c2ccccc2)CC1. The molecule has 1 aliphatic rings. The van der Waals surface area contributed by atoms with Crippen LogP contribution in [0.2, 0.25) is 0 Å². The van der Waals surface area contributed by atoms with Crippen molar-refractivity contribution in [1.29, 1.82) is 0 Å². The average molecular weight is 330 g/mol. The molecule has 1 N–H and O–H groups in total. The van der Waals surface area contributed by atoms with Gasteiger partial charge >= 0.3 is 0 Å². The van der Waals surface area contributed by atoms with E-state index in [1.165, 1.54) is 0 Å². The monoisotopic (exact) mass is 330 g/mol. The third-order valence-corrected chi connectivity index (χ3v) is 4.93. The molecule has 1 fully saturated rings. The number of hydrogen-bond acceptors (Lipinski definition) is 2. The zero-order chi connectivity index (χ0) is 17.4. The minimum absolute atomic E-state index is 0.0187. The van der Waals surface area contributed by atoms with E-state index < -0.39 is 0 Å². The first-order chi connectivity index (χ1) is 11.7. The summed E-state index contributed by atoms with van der Waals surface area (Å²) in [6.45, 7) is 5.77. The van der Waals surface area contributed by atoms with E-state index in [1.807, 2.05) is 35.2 Å². The Morgan fingerprint density at radius 3 is 2.42 bits per heavy atom. The van der Waals surface area contributed by atoms with Crippen LogP contribution in [0.4, 0.5) is 0 Å². The van der Waals surface area contributed by atoms with Crippen LogP contribution in [-0.4, -0.2) is 35.8 Å². The summed E-state index contributed by atoms with van der Waals surface area (Å²) in [5.74, 6) is 0.453. The zero-order valence-electron chi connectivity index (χ0n) is 15.0. The molecule has 2 rings (SSSR count). The maximum absolute atomic E-state index is 12.6. The van der Waals surface area contributed by atoms with Crippen molar-refractivity contribution in [3.63, 3.8) is 0 Å². The fourth-order valence-electron chi connectivity index (χ4n) is 3.31. The van der Waals surface area contributed by atoms with Gasteiger partial charge in [-0.3, -0.25) is 9.59 Å². The number of unbranched alkanes of at least 4 members (excludes halogenated alkanes) is 1. The number of piperidine rings is 1. The lowest BCUT2D eigenvalue weighted by molar-refractivity contribution is -0.137. The number of carbonyl (C=O) groups excluding carboxylic acids is 2. The van der Waals surface area contributed by atoms with Crippen molar-refractivity contribution < 1.29 is 9.59 Å². The molecule has 1 aromatic carbocycles. The first kappa shape index (κ1) is 18.5. The normalized spacial score (nSPS) is 16.7. The van der Waals surface area contributed by atoms with E-state index in [9.17, 15) is 9.59 Å². The Hall–Kier alpha value is -1.84. The van der Waals surface area contributed by atoms with E-state index in [0.29, 0.717) is 11.5 Å². The molecule has 0 aromatic heterocycles. The van der Waals surface area contributed by atoms with Crippen LogP contribution in [0.15, 0.2) is 30.3 Å². The van der Waals surface area contributed by atoms with E-state index >= 15 is 0 Å². The molecule has 0 aliphatic carbocycles. The Bertz CT molecular complexity index is 522. The van der Waals surface area contributed by atoms with Crippen LogP contribution in [0, 0.1) is 5.92 Å². The second-order valence-electron chi connectivity index (χ2n) is 6.69. The number of nitrogens with zero attached hydrogens (tertiary/aromatic N) is 1. The zero-order valence-corrected chi connectivity index (χ0v) is 15.0.